The van der Waals surface area contributed by atoms with Crippen molar-refractivity contribution in [3.8, 4) is 0 Å². The zero-order chi connectivity index (χ0) is 10.2. The van der Waals surface area contributed by atoms with Gasteiger partial charge >= 0.3 is 0 Å². The minimum absolute atomic E-state index is 0.404. The number of nitrogens with two attached hydrogens (primary N) is 1. The molecule has 0 saturated carbocycles. The molecule has 0 bridgehead atoms. The van der Waals surface area contributed by atoms with Gasteiger partial charge in [-0.3, -0.25) is 5.32 Å². The lowest BCUT2D eigenvalue weighted by atomic mass is 10.2. The zero-order valence-corrected chi connectivity index (χ0v) is 9.09. The van der Waals surface area contributed by atoms with Gasteiger partial charge in [0.25, 0.3) is 0 Å². The average molecular weight is 214 g/mol. The first-order valence-electron chi connectivity index (χ1n) is 4.97. The van der Waals surface area contributed by atoms with Crippen LogP contribution in [0, 0.1) is 0 Å². The topological polar surface area (TPSA) is 58.3 Å². The molecule has 0 radical (unpaired) electrons. The van der Waals surface area contributed by atoms with Crippen LogP contribution in [-0.2, 0) is 6.42 Å². The first kappa shape index (κ1) is 11.7. The highest BCUT2D eigenvalue weighted by atomic mass is 32.1. The van der Waals surface area contributed by atoms with Crippen LogP contribution < -0.4 is 11.1 Å². The largest absolute Gasteiger partial charge is 0.379 e. The van der Waals surface area contributed by atoms with Gasteiger partial charge < -0.3 is 10.8 Å². The Labute approximate surface area is 88.9 Å². The van der Waals surface area contributed by atoms with Crippen molar-refractivity contribution in [2.24, 2.45) is 5.73 Å². The van der Waals surface area contributed by atoms with E-state index < -0.39 is 6.23 Å². The smallest absolute Gasteiger partial charge is 0.104 e. The molecule has 0 saturated heterocycles. The van der Waals surface area contributed by atoms with Crippen LogP contribution in [0.4, 0.5) is 0 Å². The van der Waals surface area contributed by atoms with E-state index in [1.54, 1.807) is 11.3 Å². The summed E-state index contributed by atoms with van der Waals surface area (Å²) in [7, 11) is 0. The van der Waals surface area contributed by atoms with Gasteiger partial charge in [-0.15, -0.1) is 11.3 Å². The van der Waals surface area contributed by atoms with Crippen molar-refractivity contribution >= 4 is 11.3 Å². The van der Waals surface area contributed by atoms with Gasteiger partial charge in [-0.05, 0) is 37.3 Å². The van der Waals surface area contributed by atoms with Crippen LogP contribution in [0.15, 0.2) is 17.5 Å². The first-order valence-corrected chi connectivity index (χ1v) is 5.85. The summed E-state index contributed by atoms with van der Waals surface area (Å²) >= 11 is 1.75. The monoisotopic (exact) mass is 214 g/mol. The van der Waals surface area contributed by atoms with Crippen molar-refractivity contribution in [2.75, 3.05) is 13.1 Å². The molecule has 0 aliphatic heterocycles. The highest BCUT2D eigenvalue weighted by molar-refractivity contribution is 7.09. The minimum atomic E-state index is -0.404. The molecule has 1 rings (SSSR count). The maximum Gasteiger partial charge on any atom is 0.104 e. The quantitative estimate of drug-likeness (QED) is 0.592. The van der Waals surface area contributed by atoms with Crippen LogP contribution >= 0.6 is 11.3 Å². The highest BCUT2D eigenvalue weighted by Gasteiger charge is 2.01. The molecule has 0 aromatic carbocycles. The maximum atomic E-state index is 9.45. The van der Waals surface area contributed by atoms with Gasteiger partial charge in [0.2, 0.25) is 0 Å². The fourth-order valence-corrected chi connectivity index (χ4v) is 1.94. The Morgan fingerprint density at radius 2 is 2.43 bits per heavy atom. The SMILES string of the molecule is NCCCC(O)NCCc1cccs1. The summed E-state index contributed by atoms with van der Waals surface area (Å²) in [6.45, 7) is 1.47. The molecular formula is C10H18N2OS. The van der Waals surface area contributed by atoms with Gasteiger partial charge in [0.15, 0.2) is 0 Å². The van der Waals surface area contributed by atoms with E-state index >= 15 is 0 Å². The summed E-state index contributed by atoms with van der Waals surface area (Å²) in [5.41, 5.74) is 5.35. The lowest BCUT2D eigenvalue weighted by Crippen LogP contribution is -2.30. The Bertz CT molecular complexity index is 226. The molecule has 1 atom stereocenters. The number of nitrogens with one attached hydrogen (secondary N) is 1. The molecule has 4 heteroatoms. The molecular weight excluding hydrogens is 196 g/mol. The lowest BCUT2D eigenvalue weighted by molar-refractivity contribution is 0.127. The first-order chi connectivity index (χ1) is 6.83. The molecule has 1 heterocycles. The maximum absolute atomic E-state index is 9.45. The molecule has 0 aliphatic rings. The van der Waals surface area contributed by atoms with Gasteiger partial charge in [-0.1, -0.05) is 6.07 Å². The molecule has 80 valence electrons. The second-order valence-electron chi connectivity index (χ2n) is 3.23. The highest BCUT2D eigenvalue weighted by Crippen LogP contribution is 2.08. The van der Waals surface area contributed by atoms with E-state index in [0.29, 0.717) is 6.54 Å². The average Bonchev–Trinajstić information content (AvgIpc) is 2.67. The number of hydrogen-bond acceptors (Lipinski definition) is 4. The summed E-state index contributed by atoms with van der Waals surface area (Å²) in [4.78, 5) is 1.35. The van der Waals surface area contributed by atoms with Crippen molar-refractivity contribution < 1.29 is 5.11 Å². The van der Waals surface area contributed by atoms with Gasteiger partial charge in [0, 0.05) is 11.4 Å². The third kappa shape index (κ3) is 4.72. The van der Waals surface area contributed by atoms with Crippen LogP contribution in [-0.4, -0.2) is 24.4 Å². The predicted molar refractivity (Wildman–Crippen MR) is 60.3 cm³/mol. The van der Waals surface area contributed by atoms with Crippen LogP contribution in [0.1, 0.15) is 17.7 Å². The van der Waals surface area contributed by atoms with Crippen molar-refractivity contribution in [3.05, 3.63) is 22.4 Å². The molecule has 0 aliphatic carbocycles. The Morgan fingerprint density at radius 3 is 3.07 bits per heavy atom. The molecule has 0 spiro atoms. The Balaban J connectivity index is 2.03. The van der Waals surface area contributed by atoms with E-state index in [2.05, 4.69) is 16.8 Å². The number of hydrogen-bond donors (Lipinski definition) is 3. The van der Waals surface area contributed by atoms with Crippen LogP contribution in [0.3, 0.4) is 0 Å². The fraction of sp³-hybridized carbons (Fsp3) is 0.600. The van der Waals surface area contributed by atoms with E-state index in [1.807, 2.05) is 6.07 Å². The van der Waals surface area contributed by atoms with Gasteiger partial charge in [-0.25, -0.2) is 0 Å². The molecule has 1 unspecified atom stereocenters. The van der Waals surface area contributed by atoms with E-state index in [-0.39, 0.29) is 0 Å². The van der Waals surface area contributed by atoms with Crippen molar-refractivity contribution in [2.45, 2.75) is 25.5 Å². The van der Waals surface area contributed by atoms with Crippen molar-refractivity contribution in [3.63, 3.8) is 0 Å². The number of rotatable bonds is 7. The Hall–Kier alpha value is -0.420. The minimum Gasteiger partial charge on any atom is -0.379 e. The van der Waals surface area contributed by atoms with Crippen molar-refractivity contribution in [1.82, 2.24) is 5.32 Å². The number of thiophene rings is 1. The molecule has 4 N–H and O–H groups in total. The van der Waals surface area contributed by atoms with Gasteiger partial charge in [0.05, 0.1) is 0 Å². The third-order valence-corrected chi connectivity index (χ3v) is 2.95. The molecule has 14 heavy (non-hydrogen) atoms. The second-order valence-corrected chi connectivity index (χ2v) is 4.26. The van der Waals surface area contributed by atoms with Crippen LogP contribution in [0.5, 0.6) is 0 Å². The summed E-state index contributed by atoms with van der Waals surface area (Å²) in [5, 5.41) is 14.6. The van der Waals surface area contributed by atoms with E-state index in [4.69, 9.17) is 5.73 Å². The number of aliphatic hydroxyl groups excluding tert-OH is 1. The zero-order valence-electron chi connectivity index (χ0n) is 8.28. The van der Waals surface area contributed by atoms with Crippen LogP contribution in [0.2, 0.25) is 0 Å². The van der Waals surface area contributed by atoms with E-state index in [0.717, 1.165) is 25.8 Å². The normalized spacial score (nSPS) is 13.0. The molecule has 0 fully saturated rings. The number of aliphatic hydroxyl groups is 1. The Morgan fingerprint density at radius 1 is 1.57 bits per heavy atom. The molecule has 0 amide bonds. The fourth-order valence-electron chi connectivity index (χ4n) is 1.23. The predicted octanol–water partition coefficient (Wildman–Crippen LogP) is 0.938. The van der Waals surface area contributed by atoms with Crippen molar-refractivity contribution in [1.29, 1.82) is 0 Å². The molecule has 1 aromatic rings. The molecule has 3 nitrogen and oxygen atoms in total. The second kappa shape index (κ2) is 6.95. The summed E-state index contributed by atoms with van der Waals surface area (Å²) in [6, 6.07) is 4.16. The van der Waals surface area contributed by atoms with Gasteiger partial charge in [0.1, 0.15) is 6.23 Å². The lowest BCUT2D eigenvalue weighted by Gasteiger charge is -2.11. The van der Waals surface area contributed by atoms with Gasteiger partial charge in [-0.2, -0.15) is 0 Å². The summed E-state index contributed by atoms with van der Waals surface area (Å²) in [6.07, 6.45) is 2.18. The Kier molecular flexibility index (Phi) is 5.78. The van der Waals surface area contributed by atoms with Crippen LogP contribution in [0.25, 0.3) is 0 Å². The summed E-state index contributed by atoms with van der Waals surface area (Å²) in [5.74, 6) is 0. The molecule has 1 aromatic heterocycles. The third-order valence-electron chi connectivity index (χ3n) is 2.01. The van der Waals surface area contributed by atoms with E-state index in [1.165, 1.54) is 4.88 Å². The van der Waals surface area contributed by atoms with E-state index in [9.17, 15) is 5.11 Å². The standard InChI is InChI=1S/C10H18N2OS/c11-6-1-4-10(13)12-7-5-9-3-2-8-14-9/h2-3,8,10,12-13H,1,4-7,11H2. The summed E-state index contributed by atoms with van der Waals surface area (Å²) < 4.78 is 0.